The molecule has 0 spiro atoms. The van der Waals surface area contributed by atoms with Crippen LogP contribution in [0.5, 0.6) is 0 Å². The van der Waals surface area contributed by atoms with Crippen LogP contribution >= 0.6 is 11.6 Å². The lowest BCUT2D eigenvalue weighted by Gasteiger charge is -2.36. The molecular weight excluding hydrogens is 274 g/mol. The zero-order valence-electron chi connectivity index (χ0n) is 11.6. The van der Waals surface area contributed by atoms with Crippen molar-refractivity contribution in [3.05, 3.63) is 29.0 Å². The Balaban J connectivity index is 1.58. The maximum atomic E-state index is 12.4. The number of carbonyl (C=O) groups is 1. The Labute approximate surface area is 124 Å². The van der Waals surface area contributed by atoms with Gasteiger partial charge in [0, 0.05) is 30.4 Å². The van der Waals surface area contributed by atoms with Crippen molar-refractivity contribution in [2.75, 3.05) is 26.2 Å². The Bertz CT molecular complexity index is 480. The van der Waals surface area contributed by atoms with Gasteiger partial charge in [-0.15, -0.1) is 0 Å². The Morgan fingerprint density at radius 2 is 1.90 bits per heavy atom. The predicted octanol–water partition coefficient (Wildman–Crippen LogP) is 2.44. The summed E-state index contributed by atoms with van der Waals surface area (Å²) in [7, 11) is 0. The van der Waals surface area contributed by atoms with Crippen molar-refractivity contribution in [1.29, 1.82) is 0 Å². The van der Waals surface area contributed by atoms with Gasteiger partial charge in [0.25, 0.3) is 5.91 Å². The second-order valence-electron chi connectivity index (χ2n) is 5.63. The second kappa shape index (κ2) is 6.10. The van der Waals surface area contributed by atoms with E-state index in [0.29, 0.717) is 16.8 Å². The van der Waals surface area contributed by atoms with E-state index in [9.17, 15) is 4.79 Å². The van der Waals surface area contributed by atoms with Crippen LogP contribution in [0.3, 0.4) is 0 Å². The molecule has 4 nitrogen and oxygen atoms in total. The normalized spacial score (nSPS) is 21.4. The standard InChI is InChI=1S/C15H20ClN3O/c16-12-3-6-17-14(11-12)15(20)19-9-4-13(5-10-19)18-7-1-2-8-18/h3,6,11,13H,1-2,4-5,7-10H2. The van der Waals surface area contributed by atoms with Crippen LogP contribution in [0.1, 0.15) is 36.2 Å². The number of aromatic nitrogens is 1. The number of pyridine rings is 1. The highest BCUT2D eigenvalue weighted by molar-refractivity contribution is 6.30. The molecule has 1 amide bonds. The fourth-order valence-electron chi connectivity index (χ4n) is 3.22. The number of hydrogen-bond acceptors (Lipinski definition) is 3. The molecule has 108 valence electrons. The van der Waals surface area contributed by atoms with Crippen LogP contribution in [0.25, 0.3) is 0 Å². The molecule has 2 aliphatic rings. The molecule has 0 N–H and O–H groups in total. The van der Waals surface area contributed by atoms with E-state index in [2.05, 4.69) is 9.88 Å². The molecule has 20 heavy (non-hydrogen) atoms. The zero-order valence-corrected chi connectivity index (χ0v) is 12.4. The van der Waals surface area contributed by atoms with Gasteiger partial charge in [-0.2, -0.15) is 0 Å². The van der Waals surface area contributed by atoms with E-state index >= 15 is 0 Å². The molecule has 0 bridgehead atoms. The lowest BCUT2D eigenvalue weighted by atomic mass is 10.0. The monoisotopic (exact) mass is 293 g/mol. The summed E-state index contributed by atoms with van der Waals surface area (Å²) in [6.45, 7) is 4.12. The summed E-state index contributed by atoms with van der Waals surface area (Å²) in [6, 6.07) is 4.00. The number of nitrogens with zero attached hydrogens (tertiary/aromatic N) is 3. The van der Waals surface area contributed by atoms with Crippen LogP contribution in [-0.4, -0.2) is 52.9 Å². The number of halogens is 1. The summed E-state index contributed by atoms with van der Waals surface area (Å²) < 4.78 is 0. The third kappa shape index (κ3) is 2.96. The van der Waals surface area contributed by atoms with Crippen molar-refractivity contribution >= 4 is 17.5 Å². The zero-order chi connectivity index (χ0) is 13.9. The van der Waals surface area contributed by atoms with E-state index in [1.165, 1.54) is 25.9 Å². The summed E-state index contributed by atoms with van der Waals surface area (Å²) in [5.74, 6) is 0.00683. The maximum absolute atomic E-state index is 12.4. The molecule has 3 heterocycles. The van der Waals surface area contributed by atoms with E-state index in [0.717, 1.165) is 25.9 Å². The highest BCUT2D eigenvalue weighted by Crippen LogP contribution is 2.22. The third-order valence-electron chi connectivity index (χ3n) is 4.35. The number of amides is 1. The molecule has 2 saturated heterocycles. The molecule has 1 aromatic heterocycles. The predicted molar refractivity (Wildman–Crippen MR) is 79.0 cm³/mol. The second-order valence-corrected chi connectivity index (χ2v) is 6.06. The van der Waals surface area contributed by atoms with Gasteiger partial charge in [0.15, 0.2) is 0 Å². The van der Waals surface area contributed by atoms with Gasteiger partial charge >= 0.3 is 0 Å². The first kappa shape index (κ1) is 13.8. The van der Waals surface area contributed by atoms with Crippen molar-refractivity contribution < 1.29 is 4.79 Å². The SMILES string of the molecule is O=C(c1cc(Cl)ccn1)N1CCC(N2CCCC2)CC1. The number of piperidine rings is 1. The minimum absolute atomic E-state index is 0.00683. The Kier molecular flexibility index (Phi) is 4.22. The molecule has 0 aliphatic carbocycles. The number of carbonyl (C=O) groups excluding carboxylic acids is 1. The van der Waals surface area contributed by atoms with Gasteiger partial charge in [-0.1, -0.05) is 11.6 Å². The van der Waals surface area contributed by atoms with Gasteiger partial charge < -0.3 is 9.80 Å². The largest absolute Gasteiger partial charge is 0.337 e. The van der Waals surface area contributed by atoms with Crippen LogP contribution in [0.2, 0.25) is 5.02 Å². The molecule has 0 saturated carbocycles. The van der Waals surface area contributed by atoms with E-state index in [1.807, 2.05) is 4.90 Å². The first-order chi connectivity index (χ1) is 9.74. The Hall–Kier alpha value is -1.13. The molecule has 0 aromatic carbocycles. The van der Waals surface area contributed by atoms with Crippen molar-refractivity contribution in [2.24, 2.45) is 0 Å². The van der Waals surface area contributed by atoms with Gasteiger partial charge in [-0.25, -0.2) is 0 Å². The molecule has 0 unspecified atom stereocenters. The molecular formula is C15H20ClN3O. The first-order valence-electron chi connectivity index (χ1n) is 7.39. The maximum Gasteiger partial charge on any atom is 0.272 e. The average Bonchev–Trinajstić information content (AvgIpc) is 3.01. The molecule has 3 rings (SSSR count). The van der Waals surface area contributed by atoms with Crippen LogP contribution in [-0.2, 0) is 0 Å². The van der Waals surface area contributed by atoms with E-state index < -0.39 is 0 Å². The molecule has 2 fully saturated rings. The van der Waals surface area contributed by atoms with Crippen LogP contribution in [0.15, 0.2) is 18.3 Å². The quantitative estimate of drug-likeness (QED) is 0.840. The van der Waals surface area contributed by atoms with E-state index in [1.54, 1.807) is 18.3 Å². The Morgan fingerprint density at radius 3 is 2.55 bits per heavy atom. The lowest BCUT2D eigenvalue weighted by molar-refractivity contribution is 0.0639. The fraction of sp³-hybridized carbons (Fsp3) is 0.600. The summed E-state index contributed by atoms with van der Waals surface area (Å²) in [5.41, 5.74) is 0.456. The van der Waals surface area contributed by atoms with Crippen molar-refractivity contribution in [3.8, 4) is 0 Å². The van der Waals surface area contributed by atoms with Gasteiger partial charge in [0.1, 0.15) is 5.69 Å². The topological polar surface area (TPSA) is 36.4 Å². The highest BCUT2D eigenvalue weighted by atomic mass is 35.5. The lowest BCUT2D eigenvalue weighted by Crippen LogP contribution is -2.46. The first-order valence-corrected chi connectivity index (χ1v) is 7.77. The minimum atomic E-state index is 0.00683. The number of hydrogen-bond donors (Lipinski definition) is 0. The molecule has 0 atom stereocenters. The van der Waals surface area contributed by atoms with Crippen LogP contribution in [0, 0.1) is 0 Å². The summed E-state index contributed by atoms with van der Waals surface area (Å²) in [4.78, 5) is 21.0. The van der Waals surface area contributed by atoms with E-state index in [-0.39, 0.29) is 5.91 Å². The van der Waals surface area contributed by atoms with Gasteiger partial charge in [-0.05, 0) is 50.9 Å². The minimum Gasteiger partial charge on any atom is -0.337 e. The summed E-state index contributed by atoms with van der Waals surface area (Å²) >= 11 is 5.92. The number of likely N-dealkylation sites (tertiary alicyclic amines) is 2. The van der Waals surface area contributed by atoms with Crippen LogP contribution in [0.4, 0.5) is 0 Å². The van der Waals surface area contributed by atoms with E-state index in [4.69, 9.17) is 11.6 Å². The van der Waals surface area contributed by atoms with Gasteiger partial charge in [-0.3, -0.25) is 9.78 Å². The summed E-state index contributed by atoms with van der Waals surface area (Å²) in [6.07, 6.45) is 6.39. The molecule has 0 radical (unpaired) electrons. The highest BCUT2D eigenvalue weighted by Gasteiger charge is 2.28. The molecule has 2 aliphatic heterocycles. The smallest absolute Gasteiger partial charge is 0.272 e. The van der Waals surface area contributed by atoms with Crippen molar-refractivity contribution in [3.63, 3.8) is 0 Å². The third-order valence-corrected chi connectivity index (χ3v) is 4.58. The molecule has 5 heteroatoms. The number of rotatable bonds is 2. The van der Waals surface area contributed by atoms with Gasteiger partial charge in [0.05, 0.1) is 0 Å². The fourth-order valence-corrected chi connectivity index (χ4v) is 3.38. The van der Waals surface area contributed by atoms with Crippen LogP contribution < -0.4 is 0 Å². The molecule has 1 aromatic rings. The van der Waals surface area contributed by atoms with Gasteiger partial charge in [0.2, 0.25) is 0 Å². The van der Waals surface area contributed by atoms with Crippen molar-refractivity contribution in [2.45, 2.75) is 31.7 Å². The van der Waals surface area contributed by atoms with Crippen molar-refractivity contribution in [1.82, 2.24) is 14.8 Å². The average molecular weight is 294 g/mol. The summed E-state index contributed by atoms with van der Waals surface area (Å²) in [5, 5.41) is 0.565. The Morgan fingerprint density at radius 1 is 1.20 bits per heavy atom.